The molecule has 0 unspecified atom stereocenters. The van der Waals surface area contributed by atoms with Crippen molar-refractivity contribution >= 4 is 6.08 Å². The van der Waals surface area contributed by atoms with E-state index in [1.807, 2.05) is 12.2 Å². The summed E-state index contributed by atoms with van der Waals surface area (Å²) in [6, 6.07) is 5.17. The maximum atomic E-state index is 12.2. The highest BCUT2D eigenvalue weighted by Gasteiger charge is 2.29. The van der Waals surface area contributed by atoms with E-state index in [4.69, 9.17) is 0 Å². The van der Waals surface area contributed by atoms with Gasteiger partial charge < -0.3 is 0 Å². The van der Waals surface area contributed by atoms with Crippen LogP contribution in [0.25, 0.3) is 6.08 Å². The molecule has 82 valence electrons. The molecule has 0 saturated heterocycles. The van der Waals surface area contributed by atoms with Crippen LogP contribution in [0, 0.1) is 0 Å². The van der Waals surface area contributed by atoms with E-state index < -0.39 is 11.7 Å². The minimum atomic E-state index is -4.24. The molecule has 0 aliphatic carbocycles. The topological polar surface area (TPSA) is 0 Å². The first-order valence-corrected chi connectivity index (χ1v) is 4.88. The molecule has 0 N–H and O–H groups in total. The molecule has 1 aromatic carbocycles. The highest BCUT2D eigenvalue weighted by Crippen LogP contribution is 2.29. The molecule has 0 amide bonds. The van der Waals surface area contributed by atoms with E-state index in [0.717, 1.165) is 30.5 Å². The molecule has 0 saturated carbocycles. The number of hydrogen-bond acceptors (Lipinski definition) is 0. The molecule has 0 bridgehead atoms. The SMILES string of the molecule is CCCC=Cc1ccc(C(F)(F)F)cc1. The Hall–Kier alpha value is -1.25. The second-order valence-corrected chi connectivity index (χ2v) is 3.31. The molecule has 0 nitrogen and oxygen atoms in total. The molecular weight excluding hydrogens is 201 g/mol. The van der Waals surface area contributed by atoms with Gasteiger partial charge in [-0.1, -0.05) is 37.6 Å². The van der Waals surface area contributed by atoms with Gasteiger partial charge in [-0.2, -0.15) is 13.2 Å². The van der Waals surface area contributed by atoms with Gasteiger partial charge in [0.05, 0.1) is 5.56 Å². The van der Waals surface area contributed by atoms with Gasteiger partial charge in [-0.3, -0.25) is 0 Å². The van der Waals surface area contributed by atoms with E-state index >= 15 is 0 Å². The summed E-state index contributed by atoms with van der Waals surface area (Å²) in [7, 11) is 0. The van der Waals surface area contributed by atoms with Gasteiger partial charge >= 0.3 is 6.18 Å². The van der Waals surface area contributed by atoms with E-state index in [1.165, 1.54) is 12.1 Å². The van der Waals surface area contributed by atoms with Crippen LogP contribution in [0.5, 0.6) is 0 Å². The van der Waals surface area contributed by atoms with Crippen molar-refractivity contribution in [3.05, 3.63) is 41.5 Å². The molecular formula is C12H13F3. The van der Waals surface area contributed by atoms with Gasteiger partial charge in [0.25, 0.3) is 0 Å². The van der Waals surface area contributed by atoms with Crippen molar-refractivity contribution in [2.45, 2.75) is 25.9 Å². The van der Waals surface area contributed by atoms with Gasteiger partial charge in [-0.15, -0.1) is 0 Å². The Kier molecular flexibility index (Phi) is 3.95. The number of benzene rings is 1. The van der Waals surface area contributed by atoms with E-state index in [2.05, 4.69) is 6.92 Å². The smallest absolute Gasteiger partial charge is 0.166 e. The molecule has 15 heavy (non-hydrogen) atoms. The molecule has 0 heterocycles. The maximum Gasteiger partial charge on any atom is 0.416 e. The lowest BCUT2D eigenvalue weighted by Gasteiger charge is -2.05. The van der Waals surface area contributed by atoms with Gasteiger partial charge in [-0.25, -0.2) is 0 Å². The summed E-state index contributed by atoms with van der Waals surface area (Å²) in [5.41, 5.74) is 0.201. The Bertz CT molecular complexity index is 320. The Morgan fingerprint density at radius 2 is 1.73 bits per heavy atom. The Morgan fingerprint density at radius 3 is 2.20 bits per heavy atom. The number of rotatable bonds is 3. The van der Waals surface area contributed by atoms with Crippen LogP contribution in [0.1, 0.15) is 30.9 Å². The van der Waals surface area contributed by atoms with Crippen LogP contribution in [0.2, 0.25) is 0 Å². The van der Waals surface area contributed by atoms with Crippen molar-refractivity contribution in [2.24, 2.45) is 0 Å². The standard InChI is InChI=1S/C12H13F3/c1-2-3-4-5-10-6-8-11(9-7-10)12(13,14)15/h4-9H,2-3H2,1H3. The second-order valence-electron chi connectivity index (χ2n) is 3.31. The van der Waals surface area contributed by atoms with Gasteiger partial charge in [0.15, 0.2) is 0 Å². The van der Waals surface area contributed by atoms with Crippen LogP contribution in [-0.2, 0) is 6.18 Å². The monoisotopic (exact) mass is 214 g/mol. The average molecular weight is 214 g/mol. The average Bonchev–Trinajstić information content (AvgIpc) is 2.18. The first-order chi connectivity index (χ1) is 7.04. The quantitative estimate of drug-likeness (QED) is 0.694. The van der Waals surface area contributed by atoms with Crippen molar-refractivity contribution in [3.8, 4) is 0 Å². The van der Waals surface area contributed by atoms with Crippen LogP contribution in [0.3, 0.4) is 0 Å². The zero-order valence-corrected chi connectivity index (χ0v) is 8.51. The zero-order valence-electron chi connectivity index (χ0n) is 8.51. The fourth-order valence-electron chi connectivity index (χ4n) is 1.17. The third-order valence-corrected chi connectivity index (χ3v) is 2.00. The Balaban J connectivity index is 2.73. The maximum absolute atomic E-state index is 12.2. The van der Waals surface area contributed by atoms with E-state index in [1.54, 1.807) is 0 Å². The summed E-state index contributed by atoms with van der Waals surface area (Å²) in [4.78, 5) is 0. The first-order valence-electron chi connectivity index (χ1n) is 4.88. The lowest BCUT2D eigenvalue weighted by atomic mass is 10.1. The van der Waals surface area contributed by atoms with E-state index in [9.17, 15) is 13.2 Å². The molecule has 1 rings (SSSR count). The van der Waals surface area contributed by atoms with E-state index in [-0.39, 0.29) is 0 Å². The fraction of sp³-hybridized carbons (Fsp3) is 0.333. The molecule has 0 aliphatic rings. The highest BCUT2D eigenvalue weighted by molar-refractivity contribution is 5.49. The highest BCUT2D eigenvalue weighted by atomic mass is 19.4. The van der Waals surface area contributed by atoms with E-state index in [0.29, 0.717) is 0 Å². The second kappa shape index (κ2) is 5.01. The summed E-state index contributed by atoms with van der Waals surface area (Å²) in [5, 5.41) is 0. The van der Waals surface area contributed by atoms with Crippen LogP contribution >= 0.6 is 0 Å². The van der Waals surface area contributed by atoms with Crippen molar-refractivity contribution in [1.82, 2.24) is 0 Å². The molecule has 0 radical (unpaired) electrons. The molecule has 0 fully saturated rings. The molecule has 3 heteroatoms. The summed E-state index contributed by atoms with van der Waals surface area (Å²) in [6.45, 7) is 2.05. The number of halogens is 3. The van der Waals surface area contributed by atoms with Gasteiger partial charge in [0, 0.05) is 0 Å². The summed E-state index contributed by atoms with van der Waals surface area (Å²) in [6.07, 6.45) is 1.54. The molecule has 0 aliphatic heterocycles. The summed E-state index contributed by atoms with van der Waals surface area (Å²) in [5.74, 6) is 0. The summed E-state index contributed by atoms with van der Waals surface area (Å²) < 4.78 is 36.6. The van der Waals surface area contributed by atoms with Crippen molar-refractivity contribution in [3.63, 3.8) is 0 Å². The molecule has 0 spiro atoms. The number of unbranched alkanes of at least 4 members (excludes halogenated alkanes) is 1. The predicted octanol–water partition coefficient (Wildman–Crippen LogP) is 4.52. The third kappa shape index (κ3) is 3.78. The van der Waals surface area contributed by atoms with Crippen molar-refractivity contribution in [2.75, 3.05) is 0 Å². The normalized spacial score (nSPS) is 12.3. The van der Waals surface area contributed by atoms with Gasteiger partial charge in [0.2, 0.25) is 0 Å². The van der Waals surface area contributed by atoms with Gasteiger partial charge in [-0.05, 0) is 24.1 Å². The zero-order chi connectivity index (χ0) is 11.3. The van der Waals surface area contributed by atoms with Crippen molar-refractivity contribution < 1.29 is 13.2 Å². The fourth-order valence-corrected chi connectivity index (χ4v) is 1.17. The third-order valence-electron chi connectivity index (χ3n) is 2.00. The number of allylic oxidation sites excluding steroid dienone is 1. The van der Waals surface area contributed by atoms with Crippen LogP contribution in [0.15, 0.2) is 30.3 Å². The molecule has 0 aromatic heterocycles. The Labute approximate surface area is 87.4 Å². The summed E-state index contributed by atoms with van der Waals surface area (Å²) >= 11 is 0. The predicted molar refractivity (Wildman–Crippen MR) is 55.4 cm³/mol. The van der Waals surface area contributed by atoms with Crippen molar-refractivity contribution in [1.29, 1.82) is 0 Å². The lowest BCUT2D eigenvalue weighted by molar-refractivity contribution is -0.137. The largest absolute Gasteiger partial charge is 0.416 e. The number of alkyl halides is 3. The van der Waals surface area contributed by atoms with Crippen LogP contribution in [0.4, 0.5) is 13.2 Å². The Morgan fingerprint density at radius 1 is 1.13 bits per heavy atom. The van der Waals surface area contributed by atoms with Gasteiger partial charge in [0.1, 0.15) is 0 Å². The number of hydrogen-bond donors (Lipinski definition) is 0. The van der Waals surface area contributed by atoms with Crippen LogP contribution in [-0.4, -0.2) is 0 Å². The lowest BCUT2D eigenvalue weighted by Crippen LogP contribution is -2.03. The minimum Gasteiger partial charge on any atom is -0.166 e. The molecule has 1 aromatic rings. The first kappa shape index (κ1) is 11.8. The minimum absolute atomic E-state index is 0.602. The molecule has 0 atom stereocenters. The van der Waals surface area contributed by atoms with Crippen LogP contribution < -0.4 is 0 Å².